The highest BCUT2D eigenvalue weighted by molar-refractivity contribution is 6.14. The van der Waals surface area contributed by atoms with Gasteiger partial charge in [-0.05, 0) is 118 Å². The minimum absolute atomic E-state index is 1.00. The highest BCUT2D eigenvalue weighted by atomic mass is 15.1. The van der Waals surface area contributed by atoms with Gasteiger partial charge in [0.15, 0.2) is 0 Å². The van der Waals surface area contributed by atoms with E-state index in [2.05, 4.69) is 225 Å². The molecule has 55 heavy (non-hydrogen) atoms. The van der Waals surface area contributed by atoms with Crippen LogP contribution < -0.4 is 4.90 Å². The van der Waals surface area contributed by atoms with Crippen molar-refractivity contribution in [2.24, 2.45) is 0 Å². The maximum atomic E-state index is 2.45. The van der Waals surface area contributed by atoms with Gasteiger partial charge in [0.05, 0.1) is 5.69 Å². The standard InChI is InChI=1S/C54H45N/c1-3-19-40(4-2)42-32-34-47(35-33-42)55(54-38-46-24-15-16-25-49(46)51-26-17-18-27-52(51)54)48-36-37-50(53(39-48)44-22-13-10-14-23-44)45-30-28-43(29-31-45)41-20-11-8-6-5-7-9-12-21-41/h3-13,15-22,24-39H,14,23H2,1-2H3/b6-5?,7-5?,8-6?,9-7?,11-8?,12-9?,19-3-,20-11?,21-12?,40-4+,41-20?,41-21?. The van der Waals surface area contributed by atoms with E-state index in [1.165, 1.54) is 66.1 Å². The first-order valence-corrected chi connectivity index (χ1v) is 19.3. The van der Waals surface area contributed by atoms with Gasteiger partial charge < -0.3 is 4.90 Å². The highest BCUT2D eigenvalue weighted by Crippen LogP contribution is 2.45. The van der Waals surface area contributed by atoms with Crippen LogP contribution in [0.4, 0.5) is 17.1 Å². The molecule has 0 amide bonds. The molecule has 0 aliphatic heterocycles. The van der Waals surface area contributed by atoms with Gasteiger partial charge in [0.1, 0.15) is 0 Å². The number of rotatable bonds is 8. The van der Waals surface area contributed by atoms with Crippen molar-refractivity contribution in [1.29, 1.82) is 0 Å². The summed E-state index contributed by atoms with van der Waals surface area (Å²) < 4.78 is 0. The Kier molecular flexibility index (Phi) is 10.6. The van der Waals surface area contributed by atoms with Crippen molar-refractivity contribution in [3.63, 3.8) is 0 Å². The zero-order chi connectivity index (χ0) is 37.4. The van der Waals surface area contributed by atoms with Gasteiger partial charge in [-0.2, -0.15) is 0 Å². The molecule has 1 nitrogen and oxygen atoms in total. The lowest BCUT2D eigenvalue weighted by atomic mass is 9.89. The Labute approximate surface area is 325 Å². The van der Waals surface area contributed by atoms with Crippen molar-refractivity contribution in [3.8, 4) is 22.3 Å². The van der Waals surface area contributed by atoms with Crippen molar-refractivity contribution in [2.75, 3.05) is 4.90 Å². The zero-order valence-electron chi connectivity index (χ0n) is 31.6. The average molecular weight is 708 g/mol. The van der Waals surface area contributed by atoms with E-state index in [0.29, 0.717) is 0 Å². The maximum Gasteiger partial charge on any atom is 0.0546 e. The number of hydrogen-bond acceptors (Lipinski definition) is 1. The molecule has 1 heteroatoms. The topological polar surface area (TPSA) is 3.24 Å². The van der Waals surface area contributed by atoms with E-state index in [1.54, 1.807) is 0 Å². The van der Waals surface area contributed by atoms with Crippen LogP contribution in [0.2, 0.25) is 0 Å². The van der Waals surface area contributed by atoms with Gasteiger partial charge in [0.25, 0.3) is 0 Å². The molecule has 0 saturated heterocycles. The molecule has 0 saturated carbocycles. The maximum absolute atomic E-state index is 2.45. The Balaban J connectivity index is 1.30. The van der Waals surface area contributed by atoms with E-state index in [1.807, 2.05) is 6.07 Å². The first kappa shape index (κ1) is 35.3. The van der Waals surface area contributed by atoms with Gasteiger partial charge in [0, 0.05) is 16.8 Å². The van der Waals surface area contributed by atoms with Crippen LogP contribution in [-0.2, 0) is 0 Å². The lowest BCUT2D eigenvalue weighted by molar-refractivity contribution is 1.05. The fourth-order valence-corrected chi connectivity index (χ4v) is 7.73. The smallest absolute Gasteiger partial charge is 0.0546 e. The Morgan fingerprint density at radius 3 is 1.84 bits per heavy atom. The van der Waals surface area contributed by atoms with Crippen LogP contribution in [0.5, 0.6) is 0 Å². The summed E-state index contributed by atoms with van der Waals surface area (Å²) in [5.41, 5.74) is 13.3. The van der Waals surface area contributed by atoms with Crippen molar-refractivity contribution in [3.05, 3.63) is 224 Å². The molecule has 0 bridgehead atoms. The molecule has 0 heterocycles. The molecule has 0 atom stereocenters. The third kappa shape index (κ3) is 7.56. The summed E-state index contributed by atoms with van der Waals surface area (Å²) in [6.07, 6.45) is 15.3. The van der Waals surface area contributed by atoms with Crippen LogP contribution in [-0.4, -0.2) is 0 Å². The minimum atomic E-state index is 1.00. The normalized spacial score (nSPS) is 12.8. The predicted octanol–water partition coefficient (Wildman–Crippen LogP) is 15.6. The van der Waals surface area contributed by atoms with Crippen molar-refractivity contribution in [2.45, 2.75) is 26.7 Å². The van der Waals surface area contributed by atoms with Crippen LogP contribution in [0.1, 0.15) is 37.8 Å². The molecule has 0 spiro atoms. The van der Waals surface area contributed by atoms with Crippen LogP contribution in [0.15, 0.2) is 212 Å². The number of allylic oxidation sites excluding steroid dienone is 8. The number of benzene rings is 6. The monoisotopic (exact) mass is 707 g/mol. The second-order valence-electron chi connectivity index (χ2n) is 13.9. The van der Waals surface area contributed by atoms with Gasteiger partial charge in [-0.15, -0.1) is 0 Å². The van der Waals surface area contributed by atoms with Crippen molar-refractivity contribution in [1.82, 2.24) is 0 Å². The summed E-state index contributed by atoms with van der Waals surface area (Å²) in [6, 6.07) is 63.9. The Bertz CT molecular complexity index is 2630. The molecule has 0 radical (unpaired) electrons. The van der Waals surface area contributed by atoms with E-state index >= 15 is 0 Å². The molecule has 0 N–H and O–H groups in total. The lowest BCUT2D eigenvalue weighted by Crippen LogP contribution is -2.11. The molecule has 0 unspecified atom stereocenters. The molecular formula is C54H45N. The lowest BCUT2D eigenvalue weighted by Gasteiger charge is -2.29. The van der Waals surface area contributed by atoms with Crippen LogP contribution in [0.3, 0.4) is 0 Å². The van der Waals surface area contributed by atoms with E-state index < -0.39 is 0 Å². The first-order chi connectivity index (χ1) is 27.2. The Morgan fingerprint density at radius 1 is 0.527 bits per heavy atom. The van der Waals surface area contributed by atoms with E-state index in [-0.39, 0.29) is 0 Å². The number of anilines is 3. The molecule has 1 aliphatic rings. The van der Waals surface area contributed by atoms with Gasteiger partial charge >= 0.3 is 0 Å². The largest absolute Gasteiger partial charge is 0.310 e. The molecule has 266 valence electrons. The molecule has 7 aromatic rings. The fourth-order valence-electron chi connectivity index (χ4n) is 7.73. The summed E-state index contributed by atoms with van der Waals surface area (Å²) in [4.78, 5) is 2.45. The highest BCUT2D eigenvalue weighted by Gasteiger charge is 2.20. The number of fused-ring (bicyclic) bond motifs is 3. The third-order valence-electron chi connectivity index (χ3n) is 10.5. The molecule has 1 aliphatic carbocycles. The average Bonchev–Trinajstić information content (AvgIpc) is 3.25. The summed E-state index contributed by atoms with van der Waals surface area (Å²) >= 11 is 0. The van der Waals surface area contributed by atoms with E-state index in [0.717, 1.165) is 29.9 Å². The third-order valence-corrected chi connectivity index (χ3v) is 10.5. The van der Waals surface area contributed by atoms with Crippen LogP contribution >= 0.6 is 0 Å². The summed E-state index contributed by atoms with van der Waals surface area (Å²) in [7, 11) is 0. The van der Waals surface area contributed by atoms with Gasteiger partial charge in [-0.1, -0.05) is 182 Å². The zero-order valence-corrected chi connectivity index (χ0v) is 31.6. The Morgan fingerprint density at radius 2 is 1.15 bits per heavy atom. The molecule has 7 aromatic carbocycles. The van der Waals surface area contributed by atoms with Crippen LogP contribution in [0, 0.1) is 0 Å². The minimum Gasteiger partial charge on any atom is -0.310 e. The van der Waals surface area contributed by atoms with Crippen molar-refractivity contribution < 1.29 is 0 Å². The molecule has 0 aromatic heterocycles. The molecule has 8 rings (SSSR count). The SMILES string of the molecule is C/C=C\C(=C/C)c1ccc(N(c2ccc(-c3ccc(-c4ccccccccc4)cc3)c(C3=CC=CCC3)c2)c2cc3ccccc3c3ccccc23)cc1. The fraction of sp³-hybridized carbons (Fsp3) is 0.0741. The van der Waals surface area contributed by atoms with Gasteiger partial charge in [-0.3, -0.25) is 0 Å². The summed E-state index contributed by atoms with van der Waals surface area (Å²) in [6.45, 7) is 4.17. The van der Waals surface area contributed by atoms with Gasteiger partial charge in [0.2, 0.25) is 0 Å². The van der Waals surface area contributed by atoms with Gasteiger partial charge in [-0.25, -0.2) is 0 Å². The number of nitrogens with zero attached hydrogens (tertiary/aromatic N) is 1. The predicted molar refractivity (Wildman–Crippen MR) is 239 cm³/mol. The van der Waals surface area contributed by atoms with Crippen molar-refractivity contribution >= 4 is 49.8 Å². The molecular weight excluding hydrogens is 663 g/mol. The molecule has 0 fully saturated rings. The Hall–Kier alpha value is -6.70. The van der Waals surface area contributed by atoms with Crippen LogP contribution in [0.25, 0.3) is 54.9 Å². The van der Waals surface area contributed by atoms with E-state index in [4.69, 9.17) is 0 Å². The second kappa shape index (κ2) is 16.5. The second-order valence-corrected chi connectivity index (χ2v) is 13.9. The summed E-state index contributed by atoms with van der Waals surface area (Å²) in [5, 5.41) is 4.96. The first-order valence-electron chi connectivity index (χ1n) is 19.3. The quantitative estimate of drug-likeness (QED) is 0.112. The number of hydrogen-bond donors (Lipinski definition) is 0. The van der Waals surface area contributed by atoms with E-state index in [9.17, 15) is 0 Å². The summed E-state index contributed by atoms with van der Waals surface area (Å²) in [5.74, 6) is 0.